The van der Waals surface area contributed by atoms with Gasteiger partial charge in [-0.1, -0.05) is 0 Å². The maximum Gasteiger partial charge on any atom is 0.309 e. The van der Waals surface area contributed by atoms with Crippen molar-refractivity contribution in [1.29, 1.82) is 0 Å². The fourth-order valence-corrected chi connectivity index (χ4v) is 2.46. The fraction of sp³-hybridized carbons (Fsp3) is 0.917. The van der Waals surface area contributed by atoms with E-state index in [0.29, 0.717) is 13.1 Å². The number of carboxylic acids is 1. The average molecular weight is 257 g/mol. The van der Waals surface area contributed by atoms with Gasteiger partial charge in [-0.3, -0.25) is 14.6 Å². The highest BCUT2D eigenvalue weighted by Crippen LogP contribution is 2.05. The third-order valence-corrected chi connectivity index (χ3v) is 3.66. The Hall–Kier alpha value is -0.690. The molecule has 2 saturated heterocycles. The molecule has 2 N–H and O–H groups in total. The summed E-state index contributed by atoms with van der Waals surface area (Å²) in [7, 11) is 0. The van der Waals surface area contributed by atoms with Crippen molar-refractivity contribution in [1.82, 2.24) is 15.1 Å². The van der Waals surface area contributed by atoms with Gasteiger partial charge in [0.1, 0.15) is 0 Å². The maximum absolute atomic E-state index is 11.1. The van der Waals surface area contributed by atoms with Crippen LogP contribution in [-0.4, -0.2) is 86.4 Å². The van der Waals surface area contributed by atoms with Gasteiger partial charge in [-0.05, 0) is 0 Å². The van der Waals surface area contributed by atoms with Crippen LogP contribution in [0.2, 0.25) is 0 Å². The Bertz CT molecular complexity index is 269. The Morgan fingerprint density at radius 3 is 2.67 bits per heavy atom. The van der Waals surface area contributed by atoms with Crippen molar-refractivity contribution >= 4 is 5.97 Å². The quantitative estimate of drug-likeness (QED) is 0.668. The monoisotopic (exact) mass is 257 g/mol. The van der Waals surface area contributed by atoms with Gasteiger partial charge in [0.2, 0.25) is 0 Å². The maximum atomic E-state index is 11.1. The van der Waals surface area contributed by atoms with E-state index in [2.05, 4.69) is 15.1 Å². The SMILES string of the molecule is O=C(O)C1CNCCN(CCN2CCOCC2)C1. The number of hydrogen-bond acceptors (Lipinski definition) is 5. The summed E-state index contributed by atoms with van der Waals surface area (Å²) in [5, 5.41) is 12.3. The standard InChI is InChI=1S/C12H23N3O3/c16-12(17)11-9-13-1-2-15(10-11)4-3-14-5-7-18-8-6-14/h11,13H,1-10H2,(H,16,17). The van der Waals surface area contributed by atoms with Crippen LogP contribution >= 0.6 is 0 Å². The smallest absolute Gasteiger partial charge is 0.309 e. The first kappa shape index (κ1) is 13.7. The lowest BCUT2D eigenvalue weighted by Crippen LogP contribution is -2.43. The van der Waals surface area contributed by atoms with Gasteiger partial charge in [0.25, 0.3) is 0 Å². The third-order valence-electron chi connectivity index (χ3n) is 3.66. The summed E-state index contributed by atoms with van der Waals surface area (Å²) in [4.78, 5) is 15.7. The van der Waals surface area contributed by atoms with Gasteiger partial charge in [-0.2, -0.15) is 0 Å². The molecule has 18 heavy (non-hydrogen) atoms. The number of ether oxygens (including phenoxy) is 1. The summed E-state index contributed by atoms with van der Waals surface area (Å²) in [6.07, 6.45) is 0. The highest BCUT2D eigenvalue weighted by atomic mass is 16.5. The van der Waals surface area contributed by atoms with Crippen LogP contribution in [0, 0.1) is 5.92 Å². The highest BCUT2D eigenvalue weighted by Gasteiger charge is 2.23. The zero-order chi connectivity index (χ0) is 12.8. The molecule has 1 atom stereocenters. The van der Waals surface area contributed by atoms with Crippen molar-refractivity contribution in [3.8, 4) is 0 Å². The lowest BCUT2D eigenvalue weighted by atomic mass is 10.1. The first-order valence-electron chi connectivity index (χ1n) is 6.71. The van der Waals surface area contributed by atoms with E-state index in [-0.39, 0.29) is 5.92 Å². The Labute approximate surface area is 108 Å². The topological polar surface area (TPSA) is 65.0 Å². The molecule has 6 nitrogen and oxygen atoms in total. The molecule has 6 heteroatoms. The molecule has 0 spiro atoms. The second kappa shape index (κ2) is 7.04. The van der Waals surface area contributed by atoms with Crippen LogP contribution in [0.25, 0.3) is 0 Å². The lowest BCUT2D eigenvalue weighted by molar-refractivity contribution is -0.142. The van der Waals surface area contributed by atoms with Crippen LogP contribution in [0.4, 0.5) is 0 Å². The van der Waals surface area contributed by atoms with Crippen LogP contribution in [0.1, 0.15) is 0 Å². The molecule has 0 aromatic heterocycles. The van der Waals surface area contributed by atoms with E-state index in [0.717, 1.165) is 52.5 Å². The second-order valence-corrected chi connectivity index (χ2v) is 4.99. The molecule has 0 saturated carbocycles. The van der Waals surface area contributed by atoms with Gasteiger partial charge < -0.3 is 15.2 Å². The Morgan fingerprint density at radius 2 is 1.94 bits per heavy atom. The second-order valence-electron chi connectivity index (χ2n) is 4.99. The largest absolute Gasteiger partial charge is 0.481 e. The summed E-state index contributed by atoms with van der Waals surface area (Å²) in [5.41, 5.74) is 0. The van der Waals surface area contributed by atoms with Crippen molar-refractivity contribution < 1.29 is 14.6 Å². The summed E-state index contributed by atoms with van der Waals surface area (Å²) < 4.78 is 5.32. The number of carboxylic acid groups (broad SMARTS) is 1. The van der Waals surface area contributed by atoms with E-state index < -0.39 is 5.97 Å². The summed E-state index contributed by atoms with van der Waals surface area (Å²) in [6, 6.07) is 0. The van der Waals surface area contributed by atoms with Crippen LogP contribution in [0.15, 0.2) is 0 Å². The Balaban J connectivity index is 1.74. The molecule has 2 fully saturated rings. The van der Waals surface area contributed by atoms with Crippen molar-refractivity contribution in [3.63, 3.8) is 0 Å². The zero-order valence-electron chi connectivity index (χ0n) is 10.8. The number of carbonyl (C=O) groups is 1. The molecular weight excluding hydrogens is 234 g/mol. The molecule has 2 rings (SSSR count). The molecule has 0 aliphatic carbocycles. The normalized spacial score (nSPS) is 27.9. The number of rotatable bonds is 4. The molecule has 0 bridgehead atoms. The van der Waals surface area contributed by atoms with Gasteiger partial charge in [0.05, 0.1) is 19.1 Å². The van der Waals surface area contributed by atoms with Crippen LogP contribution in [0.5, 0.6) is 0 Å². The lowest BCUT2D eigenvalue weighted by Gasteiger charge is -2.29. The molecule has 0 radical (unpaired) electrons. The molecule has 1 unspecified atom stereocenters. The van der Waals surface area contributed by atoms with Crippen molar-refractivity contribution in [2.75, 3.05) is 65.6 Å². The first-order chi connectivity index (χ1) is 8.75. The summed E-state index contributed by atoms with van der Waals surface area (Å²) in [5.74, 6) is -0.974. The van der Waals surface area contributed by atoms with E-state index in [9.17, 15) is 4.79 Å². The minimum absolute atomic E-state index is 0.280. The predicted molar refractivity (Wildman–Crippen MR) is 67.7 cm³/mol. The van der Waals surface area contributed by atoms with Gasteiger partial charge in [0, 0.05) is 52.4 Å². The molecule has 2 heterocycles. The van der Waals surface area contributed by atoms with E-state index in [1.54, 1.807) is 0 Å². The Morgan fingerprint density at radius 1 is 1.22 bits per heavy atom. The van der Waals surface area contributed by atoms with Crippen LogP contribution < -0.4 is 5.32 Å². The number of morpholine rings is 1. The first-order valence-corrected chi connectivity index (χ1v) is 6.71. The van der Waals surface area contributed by atoms with Crippen LogP contribution in [0.3, 0.4) is 0 Å². The van der Waals surface area contributed by atoms with Crippen LogP contribution in [-0.2, 0) is 9.53 Å². The van der Waals surface area contributed by atoms with E-state index in [1.807, 2.05) is 0 Å². The number of nitrogens with zero attached hydrogens (tertiary/aromatic N) is 2. The summed E-state index contributed by atoms with van der Waals surface area (Å²) >= 11 is 0. The van der Waals surface area contributed by atoms with Crippen molar-refractivity contribution in [3.05, 3.63) is 0 Å². The zero-order valence-corrected chi connectivity index (χ0v) is 10.8. The molecular formula is C12H23N3O3. The molecule has 0 amide bonds. The molecule has 104 valence electrons. The van der Waals surface area contributed by atoms with Gasteiger partial charge >= 0.3 is 5.97 Å². The van der Waals surface area contributed by atoms with Gasteiger partial charge in [-0.15, -0.1) is 0 Å². The van der Waals surface area contributed by atoms with Gasteiger partial charge in [0.15, 0.2) is 0 Å². The summed E-state index contributed by atoms with van der Waals surface area (Å²) in [6.45, 7) is 8.65. The minimum Gasteiger partial charge on any atom is -0.481 e. The molecule has 2 aliphatic rings. The van der Waals surface area contributed by atoms with E-state index in [4.69, 9.17) is 9.84 Å². The molecule has 2 aliphatic heterocycles. The fourth-order valence-electron chi connectivity index (χ4n) is 2.46. The number of hydrogen-bond donors (Lipinski definition) is 2. The van der Waals surface area contributed by atoms with Crippen molar-refractivity contribution in [2.45, 2.75) is 0 Å². The Kier molecular flexibility index (Phi) is 5.37. The highest BCUT2D eigenvalue weighted by molar-refractivity contribution is 5.70. The minimum atomic E-state index is -0.694. The van der Waals surface area contributed by atoms with E-state index >= 15 is 0 Å². The third kappa shape index (κ3) is 4.20. The average Bonchev–Trinajstić information content (AvgIpc) is 2.63. The van der Waals surface area contributed by atoms with E-state index in [1.165, 1.54) is 0 Å². The predicted octanol–water partition coefficient (Wildman–Crippen LogP) is -1.08. The molecule has 0 aromatic carbocycles. The number of aliphatic carboxylic acids is 1. The van der Waals surface area contributed by atoms with Gasteiger partial charge in [-0.25, -0.2) is 0 Å². The van der Waals surface area contributed by atoms with Crippen molar-refractivity contribution in [2.24, 2.45) is 5.92 Å². The molecule has 0 aromatic rings. The number of nitrogens with one attached hydrogen (secondary N) is 1.